The second-order valence-corrected chi connectivity index (χ2v) is 7.87. The summed E-state index contributed by atoms with van der Waals surface area (Å²) in [5, 5.41) is 13.0. The van der Waals surface area contributed by atoms with Crippen LogP contribution >= 0.6 is 0 Å². The molecule has 0 radical (unpaired) electrons. The van der Waals surface area contributed by atoms with Crippen LogP contribution in [0.5, 0.6) is 5.88 Å². The van der Waals surface area contributed by atoms with Gasteiger partial charge in [0.05, 0.1) is 17.8 Å². The lowest BCUT2D eigenvalue weighted by atomic mass is 10.1. The van der Waals surface area contributed by atoms with Crippen molar-refractivity contribution in [2.75, 3.05) is 6.54 Å². The number of imidazole rings is 1. The van der Waals surface area contributed by atoms with E-state index in [1.165, 1.54) is 4.57 Å². The van der Waals surface area contributed by atoms with Gasteiger partial charge in [-0.15, -0.1) is 0 Å². The Morgan fingerprint density at radius 3 is 2.67 bits per heavy atom. The molecule has 1 saturated heterocycles. The van der Waals surface area contributed by atoms with Gasteiger partial charge in [-0.25, -0.2) is 9.36 Å². The van der Waals surface area contributed by atoms with Crippen molar-refractivity contribution in [1.82, 2.24) is 14.0 Å². The van der Waals surface area contributed by atoms with Gasteiger partial charge in [0.25, 0.3) is 0 Å². The molecule has 2 bridgehead atoms. The molecule has 3 heterocycles. The molecule has 2 unspecified atom stereocenters. The minimum Gasteiger partial charge on any atom is -0.493 e. The lowest BCUT2D eigenvalue weighted by molar-refractivity contribution is -0.134. The van der Waals surface area contributed by atoms with Crippen LogP contribution in [0.4, 0.5) is 0 Å². The number of rotatable bonds is 2. The molecule has 2 aromatic carbocycles. The molecule has 3 aromatic rings. The molecular formula is C21H19N3O3. The molecule has 6 nitrogen and oxygen atoms in total. The van der Waals surface area contributed by atoms with E-state index in [9.17, 15) is 14.7 Å². The molecule has 1 aromatic heterocycles. The Bertz CT molecular complexity index is 1170. The third kappa shape index (κ3) is 1.90. The van der Waals surface area contributed by atoms with E-state index < -0.39 is 0 Å². The summed E-state index contributed by atoms with van der Waals surface area (Å²) in [4.78, 5) is 27.7. The average Bonchev–Trinajstić information content (AvgIpc) is 3.28. The van der Waals surface area contributed by atoms with Crippen LogP contribution in [-0.4, -0.2) is 31.6 Å². The Morgan fingerprint density at radius 2 is 1.85 bits per heavy atom. The number of amides is 1. The number of carbonyl (C=O) groups excluding carboxylic acids is 1. The SMILES string of the molecule is O=C(C1CC1)N1CC2CC1c1c(O)n(-c3cccc4ccccc34)c(=O)n12. The van der Waals surface area contributed by atoms with Crippen molar-refractivity contribution in [1.29, 1.82) is 0 Å². The van der Waals surface area contributed by atoms with E-state index in [0.29, 0.717) is 17.9 Å². The second kappa shape index (κ2) is 5.03. The molecule has 27 heavy (non-hydrogen) atoms. The van der Waals surface area contributed by atoms with Crippen molar-refractivity contribution in [2.45, 2.75) is 31.3 Å². The summed E-state index contributed by atoms with van der Waals surface area (Å²) >= 11 is 0. The quantitative estimate of drug-likeness (QED) is 0.763. The summed E-state index contributed by atoms with van der Waals surface area (Å²) in [6.07, 6.45) is 2.65. The smallest absolute Gasteiger partial charge is 0.336 e. The minimum absolute atomic E-state index is 0.0304. The van der Waals surface area contributed by atoms with Crippen molar-refractivity contribution >= 4 is 16.7 Å². The Kier molecular flexibility index (Phi) is 2.81. The van der Waals surface area contributed by atoms with Gasteiger partial charge in [0.15, 0.2) is 0 Å². The van der Waals surface area contributed by atoms with Crippen LogP contribution in [-0.2, 0) is 4.79 Å². The number of carbonyl (C=O) groups is 1. The van der Waals surface area contributed by atoms with Crippen LogP contribution in [0, 0.1) is 5.92 Å². The standard InChI is InChI=1S/C21H19N3O3/c25-19(13-8-9-13)22-11-14-10-17(22)18-20(26)24(21(27)23(14)18)16-7-3-5-12-4-1-2-6-15(12)16/h1-7,13-14,17,26H,8-11H2. The van der Waals surface area contributed by atoms with E-state index in [1.54, 1.807) is 4.57 Å². The monoisotopic (exact) mass is 361 g/mol. The first-order valence-corrected chi connectivity index (χ1v) is 9.50. The molecule has 1 amide bonds. The van der Waals surface area contributed by atoms with Crippen LogP contribution < -0.4 is 5.69 Å². The van der Waals surface area contributed by atoms with Gasteiger partial charge in [-0.3, -0.25) is 9.36 Å². The lowest BCUT2D eigenvalue weighted by Gasteiger charge is -2.27. The van der Waals surface area contributed by atoms with E-state index in [4.69, 9.17) is 0 Å². The molecule has 136 valence electrons. The van der Waals surface area contributed by atoms with Gasteiger partial charge >= 0.3 is 5.69 Å². The zero-order chi connectivity index (χ0) is 18.3. The third-order valence-electron chi connectivity index (χ3n) is 6.27. The van der Waals surface area contributed by atoms with Crippen LogP contribution in [0.3, 0.4) is 0 Å². The molecule has 1 N–H and O–H groups in total. The molecule has 6 rings (SSSR count). The van der Waals surface area contributed by atoms with Crippen LogP contribution in [0.25, 0.3) is 16.5 Å². The highest BCUT2D eigenvalue weighted by atomic mass is 16.3. The van der Waals surface area contributed by atoms with Crippen LogP contribution in [0.1, 0.15) is 37.0 Å². The number of benzene rings is 2. The van der Waals surface area contributed by atoms with E-state index in [1.807, 2.05) is 47.4 Å². The molecule has 0 spiro atoms. The minimum atomic E-state index is -0.218. The predicted molar refractivity (Wildman–Crippen MR) is 100 cm³/mol. The van der Waals surface area contributed by atoms with Crippen molar-refractivity contribution in [3.05, 3.63) is 58.6 Å². The molecular weight excluding hydrogens is 342 g/mol. The number of nitrogens with zero attached hydrogens (tertiary/aromatic N) is 3. The fourth-order valence-corrected chi connectivity index (χ4v) is 4.87. The Balaban J connectivity index is 1.54. The Labute approximate surface area is 155 Å². The number of hydrogen-bond donors (Lipinski definition) is 1. The Morgan fingerprint density at radius 1 is 1.07 bits per heavy atom. The maximum atomic E-state index is 13.2. The maximum absolute atomic E-state index is 13.2. The number of aromatic nitrogens is 2. The summed E-state index contributed by atoms with van der Waals surface area (Å²) in [5.41, 5.74) is 1.06. The molecule has 1 aliphatic carbocycles. The molecule has 3 aliphatic rings. The number of hydrogen-bond acceptors (Lipinski definition) is 3. The van der Waals surface area contributed by atoms with Gasteiger partial charge in [-0.1, -0.05) is 36.4 Å². The van der Waals surface area contributed by atoms with Gasteiger partial charge < -0.3 is 10.0 Å². The van der Waals surface area contributed by atoms with Crippen LogP contribution in [0.2, 0.25) is 0 Å². The van der Waals surface area contributed by atoms with Crippen LogP contribution in [0.15, 0.2) is 47.3 Å². The first kappa shape index (κ1) is 15.1. The van der Waals surface area contributed by atoms with Gasteiger partial charge in [0.1, 0.15) is 5.69 Å². The summed E-state index contributed by atoms with van der Waals surface area (Å²) in [7, 11) is 0. The largest absolute Gasteiger partial charge is 0.493 e. The predicted octanol–water partition coefficient (Wildman–Crippen LogP) is 2.74. The van der Waals surface area contributed by atoms with E-state index in [0.717, 1.165) is 30.0 Å². The lowest BCUT2D eigenvalue weighted by Crippen LogP contribution is -2.38. The van der Waals surface area contributed by atoms with Gasteiger partial charge in [-0.2, -0.15) is 0 Å². The molecule has 2 aliphatic heterocycles. The van der Waals surface area contributed by atoms with E-state index in [2.05, 4.69) is 0 Å². The second-order valence-electron chi connectivity index (χ2n) is 7.87. The van der Waals surface area contributed by atoms with Crippen molar-refractivity contribution < 1.29 is 9.90 Å². The van der Waals surface area contributed by atoms with Gasteiger partial charge in [-0.05, 0) is 30.7 Å². The van der Waals surface area contributed by atoms with Crippen molar-refractivity contribution in [3.8, 4) is 11.6 Å². The summed E-state index contributed by atoms with van der Waals surface area (Å²) in [5.74, 6) is 0.294. The molecule has 2 fully saturated rings. The fourth-order valence-electron chi connectivity index (χ4n) is 4.87. The third-order valence-corrected chi connectivity index (χ3v) is 6.27. The molecule has 6 heteroatoms. The zero-order valence-corrected chi connectivity index (χ0v) is 14.7. The average molecular weight is 361 g/mol. The summed E-state index contributed by atoms with van der Waals surface area (Å²) in [6.45, 7) is 0.575. The summed E-state index contributed by atoms with van der Waals surface area (Å²) < 4.78 is 3.11. The van der Waals surface area contributed by atoms with E-state index >= 15 is 0 Å². The van der Waals surface area contributed by atoms with E-state index in [-0.39, 0.29) is 35.5 Å². The molecule has 2 atom stereocenters. The fraction of sp³-hybridized carbons (Fsp3) is 0.333. The number of likely N-dealkylation sites (tertiary alicyclic amines) is 1. The maximum Gasteiger partial charge on any atom is 0.336 e. The topological polar surface area (TPSA) is 67.5 Å². The first-order valence-electron chi connectivity index (χ1n) is 9.50. The first-order chi connectivity index (χ1) is 13.1. The number of aromatic hydroxyl groups is 1. The normalized spacial score (nSPS) is 23.2. The van der Waals surface area contributed by atoms with Gasteiger partial charge in [0.2, 0.25) is 11.8 Å². The van der Waals surface area contributed by atoms with Crippen molar-refractivity contribution in [3.63, 3.8) is 0 Å². The highest BCUT2D eigenvalue weighted by Gasteiger charge is 2.51. The highest BCUT2D eigenvalue weighted by molar-refractivity contribution is 5.90. The zero-order valence-electron chi connectivity index (χ0n) is 14.7. The highest BCUT2D eigenvalue weighted by Crippen LogP contribution is 2.50. The van der Waals surface area contributed by atoms with Crippen molar-refractivity contribution in [2.24, 2.45) is 5.92 Å². The molecule has 1 saturated carbocycles. The van der Waals surface area contributed by atoms with Gasteiger partial charge in [0, 0.05) is 17.8 Å². The summed E-state index contributed by atoms with van der Waals surface area (Å²) in [6, 6.07) is 13.3. The number of fused-ring (bicyclic) bond motifs is 6. The Hall–Kier alpha value is -3.02.